The first-order chi connectivity index (χ1) is 11.8. The van der Waals surface area contributed by atoms with Gasteiger partial charge in [-0.3, -0.25) is 0 Å². The van der Waals surface area contributed by atoms with E-state index in [1.165, 1.54) is 5.56 Å². The molecule has 0 heterocycles. The molecule has 0 saturated carbocycles. The van der Waals surface area contributed by atoms with Gasteiger partial charge in [0.1, 0.15) is 6.61 Å². The molecule has 2 N–H and O–H groups in total. The van der Waals surface area contributed by atoms with Crippen molar-refractivity contribution in [3.8, 4) is 0 Å². The van der Waals surface area contributed by atoms with E-state index >= 15 is 0 Å². The minimum absolute atomic E-state index is 0.316. The van der Waals surface area contributed by atoms with Crippen LogP contribution in [0, 0.1) is 0 Å². The standard InChI is InChI=1S/C20H26N2O2/c23-20(24-17-19-12-6-2-7-13-19)22-15-9-3-8-14-21-16-18-10-4-1-5-11-18/h1-2,4-7,10-13,21H,3,8-9,14-17H2,(H,22,23). The Morgan fingerprint density at radius 2 is 1.42 bits per heavy atom. The average molecular weight is 326 g/mol. The third-order valence-electron chi connectivity index (χ3n) is 3.68. The number of carbonyl (C=O) groups excluding carboxylic acids is 1. The number of rotatable bonds is 10. The Morgan fingerprint density at radius 3 is 2.12 bits per heavy atom. The number of alkyl carbamates (subject to hydrolysis) is 1. The Hall–Kier alpha value is -2.33. The van der Waals surface area contributed by atoms with E-state index in [9.17, 15) is 4.79 Å². The predicted molar refractivity (Wildman–Crippen MR) is 96.6 cm³/mol. The molecule has 2 aromatic carbocycles. The second-order valence-corrected chi connectivity index (χ2v) is 5.71. The van der Waals surface area contributed by atoms with Crippen LogP contribution in [0.15, 0.2) is 60.7 Å². The SMILES string of the molecule is O=C(NCCCCCNCc1ccccc1)OCc1ccccc1. The van der Waals surface area contributed by atoms with Gasteiger partial charge in [0, 0.05) is 13.1 Å². The molecule has 0 aliphatic heterocycles. The van der Waals surface area contributed by atoms with Crippen molar-refractivity contribution in [2.24, 2.45) is 0 Å². The van der Waals surface area contributed by atoms with Crippen molar-refractivity contribution in [1.29, 1.82) is 0 Å². The molecule has 0 spiro atoms. The molecule has 0 fully saturated rings. The number of hydrogen-bond donors (Lipinski definition) is 2. The minimum atomic E-state index is -0.346. The van der Waals surface area contributed by atoms with Gasteiger partial charge in [0.05, 0.1) is 0 Å². The number of nitrogens with one attached hydrogen (secondary N) is 2. The zero-order valence-electron chi connectivity index (χ0n) is 14.0. The van der Waals surface area contributed by atoms with Crippen molar-refractivity contribution in [2.45, 2.75) is 32.4 Å². The molecule has 0 aliphatic rings. The summed E-state index contributed by atoms with van der Waals surface area (Å²) in [6.07, 6.45) is 2.81. The van der Waals surface area contributed by atoms with Crippen LogP contribution in [-0.4, -0.2) is 19.2 Å². The Kier molecular flexibility index (Phi) is 8.44. The van der Waals surface area contributed by atoms with Crippen molar-refractivity contribution >= 4 is 6.09 Å². The zero-order valence-corrected chi connectivity index (χ0v) is 14.0. The average Bonchev–Trinajstić information content (AvgIpc) is 2.64. The summed E-state index contributed by atoms with van der Waals surface area (Å²) < 4.78 is 5.16. The largest absolute Gasteiger partial charge is 0.445 e. The van der Waals surface area contributed by atoms with Crippen LogP contribution in [0.25, 0.3) is 0 Å². The molecule has 0 aliphatic carbocycles. The topological polar surface area (TPSA) is 50.4 Å². The molecule has 4 heteroatoms. The lowest BCUT2D eigenvalue weighted by molar-refractivity contribution is 0.139. The molecule has 0 bridgehead atoms. The molecular weight excluding hydrogens is 300 g/mol. The van der Waals surface area contributed by atoms with E-state index in [1.54, 1.807) is 0 Å². The molecule has 0 radical (unpaired) electrons. The molecule has 0 saturated heterocycles. The molecule has 2 aromatic rings. The number of carbonyl (C=O) groups is 1. The van der Waals surface area contributed by atoms with Gasteiger partial charge in [0.2, 0.25) is 0 Å². The van der Waals surface area contributed by atoms with Crippen LogP contribution >= 0.6 is 0 Å². The van der Waals surface area contributed by atoms with Crippen molar-refractivity contribution in [3.05, 3.63) is 71.8 Å². The Morgan fingerprint density at radius 1 is 0.792 bits per heavy atom. The van der Waals surface area contributed by atoms with Crippen LogP contribution in [0.1, 0.15) is 30.4 Å². The van der Waals surface area contributed by atoms with Gasteiger partial charge >= 0.3 is 6.09 Å². The van der Waals surface area contributed by atoms with Gasteiger partial charge in [-0.1, -0.05) is 67.1 Å². The summed E-state index contributed by atoms with van der Waals surface area (Å²) in [4.78, 5) is 11.6. The van der Waals surface area contributed by atoms with Crippen molar-refractivity contribution in [2.75, 3.05) is 13.1 Å². The molecule has 0 aromatic heterocycles. The maximum atomic E-state index is 11.6. The zero-order chi connectivity index (χ0) is 16.9. The molecule has 1 amide bonds. The fourth-order valence-corrected chi connectivity index (χ4v) is 2.34. The summed E-state index contributed by atoms with van der Waals surface area (Å²) in [7, 11) is 0. The van der Waals surface area contributed by atoms with Crippen molar-refractivity contribution < 1.29 is 9.53 Å². The number of ether oxygens (including phenoxy) is 1. The number of unbranched alkanes of at least 4 members (excludes halogenated alkanes) is 2. The third-order valence-corrected chi connectivity index (χ3v) is 3.68. The maximum Gasteiger partial charge on any atom is 0.407 e. The summed E-state index contributed by atoms with van der Waals surface area (Å²) in [6.45, 7) is 2.88. The van der Waals surface area contributed by atoms with Crippen LogP contribution in [0.2, 0.25) is 0 Å². The van der Waals surface area contributed by atoms with Gasteiger partial charge < -0.3 is 15.4 Å². The first-order valence-corrected chi connectivity index (χ1v) is 8.54. The van der Waals surface area contributed by atoms with Gasteiger partial charge in [-0.2, -0.15) is 0 Å². The molecular formula is C20H26N2O2. The maximum absolute atomic E-state index is 11.6. The monoisotopic (exact) mass is 326 g/mol. The number of benzene rings is 2. The van der Waals surface area contributed by atoms with E-state index in [4.69, 9.17) is 4.74 Å². The molecule has 128 valence electrons. The number of hydrogen-bond acceptors (Lipinski definition) is 3. The summed E-state index contributed by atoms with van der Waals surface area (Å²) in [5, 5.41) is 6.22. The first kappa shape index (κ1) is 18.0. The quantitative estimate of drug-likeness (QED) is 0.652. The summed E-state index contributed by atoms with van der Waals surface area (Å²) >= 11 is 0. The second kappa shape index (κ2) is 11.2. The van der Waals surface area contributed by atoms with Crippen molar-refractivity contribution in [1.82, 2.24) is 10.6 Å². The lowest BCUT2D eigenvalue weighted by atomic mass is 10.2. The minimum Gasteiger partial charge on any atom is -0.445 e. The highest BCUT2D eigenvalue weighted by atomic mass is 16.5. The summed E-state index contributed by atoms with van der Waals surface area (Å²) in [5.41, 5.74) is 2.30. The molecule has 24 heavy (non-hydrogen) atoms. The summed E-state index contributed by atoms with van der Waals surface area (Å²) in [5.74, 6) is 0. The highest BCUT2D eigenvalue weighted by Crippen LogP contribution is 2.01. The molecule has 0 atom stereocenters. The van der Waals surface area contributed by atoms with E-state index in [2.05, 4.69) is 34.9 Å². The Labute approximate surface area is 144 Å². The van der Waals surface area contributed by atoms with Gasteiger partial charge in [-0.15, -0.1) is 0 Å². The molecule has 2 rings (SSSR count). The normalized spacial score (nSPS) is 10.3. The fourth-order valence-electron chi connectivity index (χ4n) is 2.34. The van der Waals surface area contributed by atoms with E-state index in [1.807, 2.05) is 36.4 Å². The Balaban J connectivity index is 1.41. The van der Waals surface area contributed by atoms with Crippen LogP contribution in [0.5, 0.6) is 0 Å². The van der Waals surface area contributed by atoms with Crippen LogP contribution < -0.4 is 10.6 Å². The van der Waals surface area contributed by atoms with Crippen LogP contribution in [0.4, 0.5) is 4.79 Å². The van der Waals surface area contributed by atoms with Crippen molar-refractivity contribution in [3.63, 3.8) is 0 Å². The van der Waals surface area contributed by atoms with E-state index in [-0.39, 0.29) is 6.09 Å². The van der Waals surface area contributed by atoms with Crippen LogP contribution in [0.3, 0.4) is 0 Å². The molecule has 4 nitrogen and oxygen atoms in total. The second-order valence-electron chi connectivity index (χ2n) is 5.71. The Bertz CT molecular complexity index is 573. The predicted octanol–water partition coefficient (Wildman–Crippen LogP) is 3.87. The lowest BCUT2D eigenvalue weighted by Gasteiger charge is -2.07. The van der Waals surface area contributed by atoms with Crippen LogP contribution in [-0.2, 0) is 17.9 Å². The van der Waals surface area contributed by atoms with Gasteiger partial charge in [0.15, 0.2) is 0 Å². The van der Waals surface area contributed by atoms with Gasteiger partial charge in [-0.05, 0) is 30.5 Å². The molecule has 0 unspecified atom stereocenters. The smallest absolute Gasteiger partial charge is 0.407 e. The fraction of sp³-hybridized carbons (Fsp3) is 0.350. The summed E-state index contributed by atoms with van der Waals surface area (Å²) in [6, 6.07) is 20.1. The highest BCUT2D eigenvalue weighted by Gasteiger charge is 2.01. The lowest BCUT2D eigenvalue weighted by Crippen LogP contribution is -2.25. The van der Waals surface area contributed by atoms with Gasteiger partial charge in [-0.25, -0.2) is 4.79 Å². The highest BCUT2D eigenvalue weighted by molar-refractivity contribution is 5.67. The number of amides is 1. The third kappa shape index (κ3) is 7.79. The van der Waals surface area contributed by atoms with E-state index in [0.29, 0.717) is 13.2 Å². The van der Waals surface area contributed by atoms with Gasteiger partial charge in [0.25, 0.3) is 0 Å². The van der Waals surface area contributed by atoms with E-state index in [0.717, 1.165) is 37.9 Å². The first-order valence-electron chi connectivity index (χ1n) is 8.54. The van der Waals surface area contributed by atoms with E-state index < -0.39 is 0 Å².